The quantitative estimate of drug-likeness (QED) is 0.772. The van der Waals surface area contributed by atoms with Crippen LogP contribution in [0, 0.1) is 5.92 Å². The lowest BCUT2D eigenvalue weighted by molar-refractivity contribution is -0.135. The monoisotopic (exact) mass is 338 g/mol. The van der Waals surface area contributed by atoms with Crippen LogP contribution in [0.3, 0.4) is 0 Å². The van der Waals surface area contributed by atoms with E-state index >= 15 is 0 Å². The molecule has 1 rings (SSSR count). The van der Waals surface area contributed by atoms with Crippen molar-refractivity contribution in [2.75, 3.05) is 19.6 Å². The molecule has 2 atom stereocenters. The first-order chi connectivity index (χ1) is 10.5. The van der Waals surface area contributed by atoms with Crippen LogP contribution in [0.5, 0.6) is 0 Å². The van der Waals surface area contributed by atoms with E-state index in [1.165, 1.54) is 0 Å². The van der Waals surface area contributed by atoms with Crippen molar-refractivity contribution in [3.8, 4) is 0 Å². The predicted octanol–water partition coefficient (Wildman–Crippen LogP) is 3.95. The summed E-state index contributed by atoms with van der Waals surface area (Å²) in [5.74, 6) is 0.238. The summed E-state index contributed by atoms with van der Waals surface area (Å²) in [6, 6.07) is 0.0773. The Morgan fingerprint density at radius 1 is 1.35 bits per heavy atom. The molecule has 0 spiro atoms. The van der Waals surface area contributed by atoms with E-state index in [4.69, 9.17) is 4.74 Å². The summed E-state index contributed by atoms with van der Waals surface area (Å²) in [6.07, 6.45) is -3.24. The minimum atomic E-state index is -4.09. The number of nitrogens with zero attached hydrogens (tertiary/aromatic N) is 1. The number of halogens is 3. The molecule has 1 heterocycles. The Balaban J connectivity index is 2.37. The first kappa shape index (κ1) is 20.1. The lowest BCUT2D eigenvalue weighted by atomic mass is 9.91. The number of alkyl halides is 3. The fourth-order valence-corrected chi connectivity index (χ4v) is 2.70. The van der Waals surface area contributed by atoms with Gasteiger partial charge in [-0.05, 0) is 59.4 Å². The van der Waals surface area contributed by atoms with Crippen molar-refractivity contribution in [3.05, 3.63) is 0 Å². The molecule has 0 aromatic heterocycles. The van der Waals surface area contributed by atoms with Crippen molar-refractivity contribution in [2.45, 2.75) is 71.2 Å². The molecule has 0 bridgehead atoms. The Labute approximate surface area is 136 Å². The Hall–Kier alpha value is -0.980. The second-order valence-electron chi connectivity index (χ2n) is 7.29. The number of nitrogens with one attached hydrogen (secondary N) is 1. The number of likely N-dealkylation sites (tertiary alicyclic amines) is 1. The number of carbonyl (C=O) groups is 1. The summed E-state index contributed by atoms with van der Waals surface area (Å²) in [4.78, 5) is 13.8. The number of hydrogen-bond donors (Lipinski definition) is 1. The summed E-state index contributed by atoms with van der Waals surface area (Å²) in [7, 11) is 0. The van der Waals surface area contributed by atoms with Gasteiger partial charge in [0.05, 0.1) is 0 Å². The van der Waals surface area contributed by atoms with Crippen molar-refractivity contribution in [2.24, 2.45) is 5.92 Å². The van der Waals surface area contributed by atoms with E-state index < -0.39 is 18.2 Å². The van der Waals surface area contributed by atoms with E-state index in [1.807, 2.05) is 27.7 Å². The summed E-state index contributed by atoms with van der Waals surface area (Å²) in [6.45, 7) is 9.06. The zero-order valence-corrected chi connectivity index (χ0v) is 14.5. The maximum absolute atomic E-state index is 12.1. The van der Waals surface area contributed by atoms with Crippen molar-refractivity contribution in [1.82, 2.24) is 10.2 Å². The van der Waals surface area contributed by atoms with Gasteiger partial charge in [0.2, 0.25) is 0 Å². The summed E-state index contributed by atoms with van der Waals surface area (Å²) in [5.41, 5.74) is -0.522. The second kappa shape index (κ2) is 8.22. The van der Waals surface area contributed by atoms with E-state index in [1.54, 1.807) is 4.90 Å². The summed E-state index contributed by atoms with van der Waals surface area (Å²) in [5, 5.41) is 3.15. The number of piperidine rings is 1. The first-order valence-corrected chi connectivity index (χ1v) is 8.26. The van der Waals surface area contributed by atoms with Gasteiger partial charge in [-0.1, -0.05) is 0 Å². The van der Waals surface area contributed by atoms with Gasteiger partial charge in [-0.3, -0.25) is 0 Å². The zero-order chi connectivity index (χ0) is 17.7. The molecule has 1 fully saturated rings. The van der Waals surface area contributed by atoms with Crippen LogP contribution in [-0.4, -0.2) is 48.4 Å². The molecule has 23 heavy (non-hydrogen) atoms. The Kier molecular flexibility index (Phi) is 7.17. The van der Waals surface area contributed by atoms with Gasteiger partial charge in [0.1, 0.15) is 5.60 Å². The van der Waals surface area contributed by atoms with Gasteiger partial charge >= 0.3 is 12.3 Å². The molecule has 0 radical (unpaired) electrons. The van der Waals surface area contributed by atoms with Crippen molar-refractivity contribution in [1.29, 1.82) is 0 Å². The molecule has 1 amide bonds. The molecule has 1 aliphatic heterocycles. The van der Waals surface area contributed by atoms with Gasteiger partial charge < -0.3 is 15.0 Å². The number of carbonyl (C=O) groups excluding carboxylic acids is 1. The summed E-state index contributed by atoms with van der Waals surface area (Å²) >= 11 is 0. The molecule has 0 aromatic carbocycles. The molecule has 7 heteroatoms. The Morgan fingerprint density at radius 2 is 2.00 bits per heavy atom. The smallest absolute Gasteiger partial charge is 0.410 e. The second-order valence-corrected chi connectivity index (χ2v) is 7.29. The predicted molar refractivity (Wildman–Crippen MR) is 83.3 cm³/mol. The molecule has 0 aliphatic carbocycles. The molecule has 1 N–H and O–H groups in total. The summed E-state index contributed by atoms with van der Waals surface area (Å²) < 4.78 is 41.8. The third kappa shape index (κ3) is 8.44. The SMILES string of the molecule is CC(NCCCC(F)(F)F)C1CCCN(C(=O)OC(C)(C)C)C1. The van der Waals surface area contributed by atoms with Gasteiger partial charge in [0, 0.05) is 25.6 Å². The van der Waals surface area contributed by atoms with Crippen LogP contribution < -0.4 is 5.32 Å². The number of amides is 1. The van der Waals surface area contributed by atoms with Crippen molar-refractivity contribution < 1.29 is 22.7 Å². The van der Waals surface area contributed by atoms with Crippen LogP contribution >= 0.6 is 0 Å². The van der Waals surface area contributed by atoms with Gasteiger partial charge in [-0.2, -0.15) is 13.2 Å². The maximum Gasteiger partial charge on any atom is 0.410 e. The zero-order valence-electron chi connectivity index (χ0n) is 14.5. The van der Waals surface area contributed by atoms with Gasteiger partial charge in [0.15, 0.2) is 0 Å². The van der Waals surface area contributed by atoms with Gasteiger partial charge in [-0.25, -0.2) is 4.79 Å². The van der Waals surface area contributed by atoms with Crippen LogP contribution in [0.25, 0.3) is 0 Å². The highest BCUT2D eigenvalue weighted by Crippen LogP contribution is 2.23. The maximum atomic E-state index is 12.1. The lowest BCUT2D eigenvalue weighted by Gasteiger charge is -2.36. The average Bonchev–Trinajstić information content (AvgIpc) is 2.40. The van der Waals surface area contributed by atoms with E-state index in [0.29, 0.717) is 19.6 Å². The standard InChI is InChI=1S/C16H29F3N2O2/c1-12(20-9-6-8-16(17,18)19)13-7-5-10-21(11-13)14(22)23-15(2,3)4/h12-13,20H,5-11H2,1-4H3. The third-order valence-electron chi connectivity index (χ3n) is 3.92. The molecule has 2 unspecified atom stereocenters. The topological polar surface area (TPSA) is 41.6 Å². The van der Waals surface area contributed by atoms with Crippen LogP contribution in [0.2, 0.25) is 0 Å². The van der Waals surface area contributed by atoms with E-state index in [9.17, 15) is 18.0 Å². The van der Waals surface area contributed by atoms with E-state index in [-0.39, 0.29) is 24.5 Å². The largest absolute Gasteiger partial charge is 0.444 e. The molecule has 136 valence electrons. The number of hydrogen-bond acceptors (Lipinski definition) is 3. The number of ether oxygens (including phenoxy) is 1. The van der Waals surface area contributed by atoms with Gasteiger partial charge in [-0.15, -0.1) is 0 Å². The lowest BCUT2D eigenvalue weighted by Crippen LogP contribution is -2.48. The average molecular weight is 338 g/mol. The van der Waals surface area contributed by atoms with E-state index in [2.05, 4.69) is 5.32 Å². The fourth-order valence-electron chi connectivity index (χ4n) is 2.70. The molecule has 1 saturated heterocycles. The highest BCUT2D eigenvalue weighted by atomic mass is 19.4. The van der Waals surface area contributed by atoms with Gasteiger partial charge in [0.25, 0.3) is 0 Å². The molecule has 1 aliphatic rings. The van der Waals surface area contributed by atoms with Crippen molar-refractivity contribution >= 4 is 6.09 Å². The van der Waals surface area contributed by atoms with Crippen molar-refractivity contribution in [3.63, 3.8) is 0 Å². The van der Waals surface area contributed by atoms with Crippen LogP contribution in [0.15, 0.2) is 0 Å². The fraction of sp³-hybridized carbons (Fsp3) is 0.938. The normalized spacial score (nSPS) is 21.2. The Bertz CT molecular complexity index is 381. The molecule has 0 aromatic rings. The Morgan fingerprint density at radius 3 is 2.57 bits per heavy atom. The molecular weight excluding hydrogens is 309 g/mol. The minimum absolute atomic E-state index is 0.0773. The number of rotatable bonds is 5. The highest BCUT2D eigenvalue weighted by molar-refractivity contribution is 5.68. The highest BCUT2D eigenvalue weighted by Gasteiger charge is 2.30. The molecule has 0 saturated carbocycles. The van der Waals surface area contributed by atoms with Crippen LogP contribution in [0.1, 0.15) is 53.4 Å². The van der Waals surface area contributed by atoms with E-state index in [0.717, 1.165) is 12.8 Å². The van der Waals surface area contributed by atoms with Crippen LogP contribution in [-0.2, 0) is 4.74 Å². The molecular formula is C16H29F3N2O2. The third-order valence-corrected chi connectivity index (χ3v) is 3.92. The van der Waals surface area contributed by atoms with Crippen LogP contribution in [0.4, 0.5) is 18.0 Å². The molecule has 4 nitrogen and oxygen atoms in total. The minimum Gasteiger partial charge on any atom is -0.444 e. The first-order valence-electron chi connectivity index (χ1n) is 8.26.